The summed E-state index contributed by atoms with van der Waals surface area (Å²) in [5.41, 5.74) is 1.98. The van der Waals surface area contributed by atoms with E-state index in [0.29, 0.717) is 20.5 Å². The van der Waals surface area contributed by atoms with E-state index >= 15 is 4.39 Å². The maximum atomic E-state index is 15.0. The van der Waals surface area contributed by atoms with Crippen LogP contribution in [-0.4, -0.2) is 107 Å². The molecule has 6 aromatic heterocycles. The molecular formula is C68H56Cl4F4N10O19. The molecule has 0 aliphatic rings. The van der Waals surface area contributed by atoms with Gasteiger partial charge in [-0.3, -0.25) is 14.4 Å². The number of rotatable bonds is 25. The SMILES string of the molecule is CCOC(=O)COc1ncccc1Oc1cc(N)c(F)cc1Cl.CCOC(=O)COc1ncccc1Oc1cc(NC(=O)COc2ncccc2Oc2cc(-n3c(=O)cc(C)n(C)c3=O)c(F)cc2Cl)c(F)cc1Cl.Cc1cc(=O)n(-c2cc(Oc3cccnc3OCC(=O)O)c(Cl)cc2F)c(=O)n1C. The Hall–Kier alpha value is -12.2. The highest BCUT2D eigenvalue weighted by molar-refractivity contribution is 6.33. The molecule has 10 aromatic rings. The van der Waals surface area contributed by atoms with E-state index in [2.05, 4.69) is 25.3 Å². The van der Waals surface area contributed by atoms with Gasteiger partial charge in [-0.15, -0.1) is 0 Å². The molecule has 0 bridgehead atoms. The second-order valence-electron chi connectivity index (χ2n) is 21.0. The lowest BCUT2D eigenvalue weighted by Crippen LogP contribution is -2.38. The van der Waals surface area contributed by atoms with Crippen LogP contribution < -0.4 is 71.4 Å². The lowest BCUT2D eigenvalue weighted by Gasteiger charge is -2.15. The van der Waals surface area contributed by atoms with Gasteiger partial charge in [0.2, 0.25) is 0 Å². The number of nitrogen functional groups attached to an aromatic ring is 1. The zero-order chi connectivity index (χ0) is 76.3. The van der Waals surface area contributed by atoms with E-state index in [4.69, 9.17) is 105 Å². The van der Waals surface area contributed by atoms with Crippen LogP contribution in [0, 0.1) is 37.1 Å². The Morgan fingerprint density at radius 3 is 1.17 bits per heavy atom. The monoisotopic (exact) mass is 1530 g/mol. The fourth-order valence-electron chi connectivity index (χ4n) is 8.61. The van der Waals surface area contributed by atoms with Gasteiger partial charge in [0.15, 0.2) is 49.4 Å². The highest BCUT2D eigenvalue weighted by Crippen LogP contribution is 2.41. The third kappa shape index (κ3) is 20.5. The number of hydrogen-bond acceptors (Lipinski definition) is 23. The van der Waals surface area contributed by atoms with Crippen molar-refractivity contribution in [3.63, 3.8) is 0 Å². The lowest BCUT2D eigenvalue weighted by atomic mass is 10.2. The molecule has 0 spiro atoms. The van der Waals surface area contributed by atoms with Gasteiger partial charge in [-0.05, 0) is 100 Å². The zero-order valence-electron chi connectivity index (χ0n) is 55.4. The minimum absolute atomic E-state index is 0.00219. The molecule has 0 aliphatic heterocycles. The third-order valence-electron chi connectivity index (χ3n) is 13.7. The Morgan fingerprint density at radius 1 is 0.467 bits per heavy atom. The quantitative estimate of drug-likeness (QED) is 0.0272. The molecule has 0 unspecified atom stereocenters. The topological polar surface area (TPSA) is 358 Å². The summed E-state index contributed by atoms with van der Waals surface area (Å²) in [6.45, 7) is 4.73. The van der Waals surface area contributed by atoms with Gasteiger partial charge in [0.25, 0.3) is 40.5 Å². The van der Waals surface area contributed by atoms with Crippen molar-refractivity contribution < 1.29 is 89.2 Å². The Kier molecular flexibility index (Phi) is 27.0. The second kappa shape index (κ2) is 36.1. The van der Waals surface area contributed by atoms with Crippen molar-refractivity contribution in [1.82, 2.24) is 38.2 Å². The molecule has 4 aromatic carbocycles. The molecule has 1 amide bonds. The number of nitrogens with zero attached hydrogens (tertiary/aromatic N) is 8. The zero-order valence-corrected chi connectivity index (χ0v) is 58.4. The maximum Gasteiger partial charge on any atom is 0.344 e. The van der Waals surface area contributed by atoms with Gasteiger partial charge < -0.3 is 72.7 Å². The van der Waals surface area contributed by atoms with E-state index in [9.17, 15) is 51.5 Å². The number of carboxylic acids is 1. The number of hydrogen-bond donors (Lipinski definition) is 3. The first-order valence-corrected chi connectivity index (χ1v) is 31.7. The highest BCUT2D eigenvalue weighted by atomic mass is 35.5. The van der Waals surface area contributed by atoms with Crippen molar-refractivity contribution >= 4 is 81.6 Å². The third-order valence-corrected chi connectivity index (χ3v) is 14.9. The van der Waals surface area contributed by atoms with E-state index in [1.165, 1.54) is 103 Å². The minimum atomic E-state index is -1.22. The number of esters is 2. The minimum Gasteiger partial charge on any atom is -0.479 e. The van der Waals surface area contributed by atoms with E-state index in [-0.39, 0.29) is 126 Å². The molecule has 105 heavy (non-hydrogen) atoms. The van der Waals surface area contributed by atoms with Gasteiger partial charge in [0.05, 0.1) is 56.1 Å². The fraction of sp³-hybridized carbons (Fsp3) is 0.176. The summed E-state index contributed by atoms with van der Waals surface area (Å²) in [5.74, 6) is -7.06. The summed E-state index contributed by atoms with van der Waals surface area (Å²) in [5, 5.41) is 10.6. The van der Waals surface area contributed by atoms with E-state index < -0.39 is 95.1 Å². The van der Waals surface area contributed by atoms with Crippen LogP contribution in [0.4, 0.5) is 28.9 Å². The van der Waals surface area contributed by atoms with Gasteiger partial charge in [-0.25, -0.2) is 70.6 Å². The maximum absolute atomic E-state index is 15.0. The molecule has 548 valence electrons. The predicted molar refractivity (Wildman–Crippen MR) is 370 cm³/mol. The van der Waals surface area contributed by atoms with Crippen molar-refractivity contribution in [2.45, 2.75) is 27.7 Å². The van der Waals surface area contributed by atoms with Crippen LogP contribution in [0.5, 0.6) is 69.5 Å². The number of carbonyl (C=O) groups excluding carboxylic acids is 3. The summed E-state index contributed by atoms with van der Waals surface area (Å²) in [6, 6.07) is 22.6. The molecular weight excluding hydrogens is 1480 g/mol. The van der Waals surface area contributed by atoms with Crippen molar-refractivity contribution in [3.8, 4) is 80.9 Å². The van der Waals surface area contributed by atoms with Gasteiger partial charge in [0.1, 0.15) is 46.3 Å². The number of carbonyl (C=O) groups is 4. The largest absolute Gasteiger partial charge is 0.479 e. The van der Waals surface area contributed by atoms with Gasteiger partial charge in [-0.1, -0.05) is 46.4 Å². The van der Waals surface area contributed by atoms with Crippen LogP contribution in [0.25, 0.3) is 11.4 Å². The number of nitrogens with two attached hydrogens (primary N) is 1. The first-order valence-electron chi connectivity index (χ1n) is 30.2. The second-order valence-corrected chi connectivity index (χ2v) is 22.6. The number of aliphatic carboxylic acids is 1. The number of anilines is 2. The number of carboxylic acid groups (broad SMARTS) is 1. The average Bonchev–Trinajstić information content (AvgIpc) is 0.781. The summed E-state index contributed by atoms with van der Waals surface area (Å²) >= 11 is 24.4. The summed E-state index contributed by atoms with van der Waals surface area (Å²) < 4.78 is 115. The predicted octanol–water partition coefficient (Wildman–Crippen LogP) is 11.2. The number of ether oxygens (including phenoxy) is 10. The fourth-order valence-corrected chi connectivity index (χ4v) is 9.36. The van der Waals surface area contributed by atoms with Gasteiger partial charge >= 0.3 is 29.3 Å². The Morgan fingerprint density at radius 2 is 0.800 bits per heavy atom. The smallest absolute Gasteiger partial charge is 0.344 e. The van der Waals surface area contributed by atoms with Crippen molar-refractivity contribution in [2.24, 2.45) is 14.1 Å². The molecule has 0 saturated heterocycles. The summed E-state index contributed by atoms with van der Waals surface area (Å²) in [4.78, 5) is 113. The number of aryl methyl sites for hydroxylation is 2. The van der Waals surface area contributed by atoms with E-state index in [1.54, 1.807) is 39.8 Å². The van der Waals surface area contributed by atoms with Crippen LogP contribution in [0.3, 0.4) is 0 Å². The molecule has 0 aliphatic carbocycles. The molecule has 4 N–H and O–H groups in total. The number of halogens is 8. The van der Waals surface area contributed by atoms with Gasteiger partial charge in [0, 0.05) is 86.7 Å². The standard InChI is InChI=1S/C34H27Cl2F2N5O9.C19H15ClFN3O6.C15H14ClFN2O4/c1-4-48-31(46)17-50-33-26(8-6-10-40-33)51-27-14-23(21(37)12-19(27)35)41-29(44)16-49-32-25(7-5-9-39-32)52-28-15-24(22(38)13-20(28)36)43-30(45)11-18(2)42(3)34(43)47;1-10-6-16(25)24(19(28)23(10)2)13-8-15(11(20)7-12(13)21)30-14-4-3-5-22-18(14)29-9-17(26)27;1-2-21-14(20)8-22-15-12(4-3-5-19-15)23-13-7-11(18)10(17)6-9(13)16/h5-15H,4,16-17H2,1-3H3,(H,41,44);3-8H,9H2,1-2H3,(H,26,27);3-7H,2,8,18H2,1H3. The van der Waals surface area contributed by atoms with Crippen LogP contribution in [0.1, 0.15) is 25.2 Å². The highest BCUT2D eigenvalue weighted by Gasteiger charge is 2.24. The van der Waals surface area contributed by atoms with Crippen molar-refractivity contribution in [1.29, 1.82) is 0 Å². The number of benzene rings is 4. The normalized spacial score (nSPS) is 10.6. The van der Waals surface area contributed by atoms with Crippen LogP contribution in [0.2, 0.25) is 20.1 Å². The molecule has 37 heteroatoms. The van der Waals surface area contributed by atoms with Crippen LogP contribution in [-0.2, 0) is 42.7 Å². The van der Waals surface area contributed by atoms with E-state index in [0.717, 1.165) is 42.5 Å². The number of amides is 1. The van der Waals surface area contributed by atoms with Crippen molar-refractivity contribution in [2.75, 3.05) is 50.7 Å². The van der Waals surface area contributed by atoms with Crippen LogP contribution >= 0.6 is 46.4 Å². The number of nitrogens with one attached hydrogen (secondary N) is 1. The lowest BCUT2D eigenvalue weighted by molar-refractivity contribution is -0.146. The molecule has 29 nitrogen and oxygen atoms in total. The summed E-state index contributed by atoms with van der Waals surface area (Å²) in [6.07, 6.45) is 5.55. The molecule has 0 fully saturated rings. The molecule has 0 saturated carbocycles. The molecule has 0 atom stereocenters. The van der Waals surface area contributed by atoms with Crippen molar-refractivity contribution in [3.05, 3.63) is 230 Å². The Bertz CT molecular complexity index is 5190. The molecule has 0 radical (unpaired) electrons. The molecule has 10 rings (SSSR count). The Balaban J connectivity index is 0.000000221. The Labute approximate surface area is 609 Å². The van der Waals surface area contributed by atoms with E-state index in [1.807, 2.05) is 0 Å². The number of pyridine rings is 4. The first kappa shape index (κ1) is 78.5. The molecule has 6 heterocycles. The summed E-state index contributed by atoms with van der Waals surface area (Å²) in [7, 11) is 2.87. The average molecular weight is 1540 g/mol. The van der Waals surface area contributed by atoms with Crippen LogP contribution in [0.15, 0.2) is 153 Å². The van der Waals surface area contributed by atoms with Gasteiger partial charge in [-0.2, -0.15) is 0 Å². The number of aromatic nitrogens is 8. The first-order chi connectivity index (χ1) is 50.0.